The third-order valence-corrected chi connectivity index (χ3v) is 2.30. The fraction of sp³-hybridized carbons (Fsp3) is 0.385. The smallest absolute Gasteiger partial charge is 0.353 e. The highest BCUT2D eigenvalue weighted by Gasteiger charge is 2.06. The summed E-state index contributed by atoms with van der Waals surface area (Å²) in [6.07, 6.45) is 2.10. The van der Waals surface area contributed by atoms with E-state index < -0.39 is 5.97 Å². The number of carbonyl (C=O) groups is 1. The number of hydrogen-bond acceptors (Lipinski definition) is 3. The molecule has 0 aliphatic heterocycles. The molecule has 0 saturated heterocycles. The molecular formula is C13H17NO3. The van der Waals surface area contributed by atoms with Crippen LogP contribution in [0.4, 0.5) is 0 Å². The van der Waals surface area contributed by atoms with Gasteiger partial charge in [-0.15, -0.1) is 0 Å². The summed E-state index contributed by atoms with van der Waals surface area (Å²) in [6.45, 7) is 2.17. The topological polar surface area (TPSA) is 58.9 Å². The summed E-state index contributed by atoms with van der Waals surface area (Å²) in [7, 11) is 0. The van der Waals surface area contributed by atoms with Crippen molar-refractivity contribution in [2.75, 3.05) is 6.61 Å². The third-order valence-electron chi connectivity index (χ3n) is 2.30. The number of carboxylic acids is 1. The van der Waals surface area contributed by atoms with E-state index in [0.29, 0.717) is 13.0 Å². The molecule has 4 heteroatoms. The lowest BCUT2D eigenvalue weighted by Crippen LogP contribution is -2.12. The van der Waals surface area contributed by atoms with Crippen LogP contribution in [0, 0.1) is 0 Å². The van der Waals surface area contributed by atoms with Crippen LogP contribution in [-0.2, 0) is 16.1 Å². The summed E-state index contributed by atoms with van der Waals surface area (Å²) in [5, 5.41) is 12.3. The fourth-order valence-electron chi connectivity index (χ4n) is 1.36. The van der Waals surface area contributed by atoms with Gasteiger partial charge in [0.15, 0.2) is 5.71 Å². The first-order valence-corrected chi connectivity index (χ1v) is 5.70. The van der Waals surface area contributed by atoms with E-state index in [1.54, 1.807) is 6.92 Å². The van der Waals surface area contributed by atoms with Crippen molar-refractivity contribution in [3.63, 3.8) is 0 Å². The Hall–Kier alpha value is -1.84. The van der Waals surface area contributed by atoms with Gasteiger partial charge in [0.05, 0.1) is 0 Å². The number of nitrogens with zero attached hydrogens (tertiary/aromatic N) is 1. The average molecular weight is 235 g/mol. The van der Waals surface area contributed by atoms with Crippen LogP contribution in [0.25, 0.3) is 0 Å². The number of aryl methyl sites for hydroxylation is 1. The van der Waals surface area contributed by atoms with E-state index in [9.17, 15) is 4.79 Å². The van der Waals surface area contributed by atoms with Crippen molar-refractivity contribution in [2.45, 2.75) is 26.2 Å². The van der Waals surface area contributed by atoms with Crippen molar-refractivity contribution in [3.05, 3.63) is 35.9 Å². The average Bonchev–Trinajstić information content (AvgIpc) is 2.34. The van der Waals surface area contributed by atoms with Crippen molar-refractivity contribution in [1.82, 2.24) is 0 Å². The van der Waals surface area contributed by atoms with Gasteiger partial charge in [-0.05, 0) is 24.8 Å². The number of hydrogen-bond donors (Lipinski definition) is 1. The number of benzene rings is 1. The maximum atomic E-state index is 10.6. The molecule has 0 saturated carbocycles. The van der Waals surface area contributed by atoms with Gasteiger partial charge >= 0.3 is 5.97 Å². The van der Waals surface area contributed by atoms with Crippen molar-refractivity contribution >= 4 is 11.7 Å². The highest BCUT2D eigenvalue weighted by Crippen LogP contribution is 2.02. The number of oxime groups is 1. The summed E-state index contributed by atoms with van der Waals surface area (Å²) >= 11 is 0. The van der Waals surface area contributed by atoms with Gasteiger partial charge < -0.3 is 9.94 Å². The van der Waals surface area contributed by atoms with Gasteiger partial charge in [-0.2, -0.15) is 0 Å². The van der Waals surface area contributed by atoms with Crippen LogP contribution in [-0.4, -0.2) is 23.4 Å². The predicted octanol–water partition coefficient (Wildman–Crippen LogP) is 2.49. The van der Waals surface area contributed by atoms with E-state index in [-0.39, 0.29) is 5.71 Å². The second-order valence-corrected chi connectivity index (χ2v) is 3.62. The number of rotatable bonds is 7. The summed E-state index contributed by atoms with van der Waals surface area (Å²) < 4.78 is 0. The molecule has 1 aromatic rings. The molecule has 0 spiro atoms. The second kappa shape index (κ2) is 7.44. The van der Waals surface area contributed by atoms with Crippen LogP contribution < -0.4 is 0 Å². The molecule has 1 rings (SSSR count). The molecule has 1 N–H and O–H groups in total. The van der Waals surface area contributed by atoms with E-state index in [1.165, 1.54) is 5.56 Å². The van der Waals surface area contributed by atoms with Gasteiger partial charge in [0.25, 0.3) is 0 Å². The Morgan fingerprint density at radius 1 is 1.35 bits per heavy atom. The first kappa shape index (κ1) is 13.2. The quantitative estimate of drug-likeness (QED) is 0.448. The monoisotopic (exact) mass is 235 g/mol. The first-order valence-electron chi connectivity index (χ1n) is 5.70. The molecule has 0 radical (unpaired) electrons. The Morgan fingerprint density at radius 3 is 2.65 bits per heavy atom. The molecule has 0 unspecified atom stereocenters. The standard InChI is InChI=1S/C13H17NO3/c1-2-12(13(15)16)14-17-10-6-9-11-7-4-3-5-8-11/h3-5,7-8H,2,6,9-10H2,1H3,(H,15,16). The number of aliphatic carboxylic acids is 1. The SMILES string of the molecule is CCC(=NOCCCc1ccccc1)C(=O)O. The fourth-order valence-corrected chi connectivity index (χ4v) is 1.36. The summed E-state index contributed by atoms with van der Waals surface area (Å²) in [6, 6.07) is 10.1. The Balaban J connectivity index is 2.23. The van der Waals surface area contributed by atoms with Crippen LogP contribution in [0.1, 0.15) is 25.3 Å². The van der Waals surface area contributed by atoms with Crippen LogP contribution in [0.2, 0.25) is 0 Å². The van der Waals surface area contributed by atoms with Crippen molar-refractivity contribution < 1.29 is 14.7 Å². The number of carboxylic acid groups (broad SMARTS) is 1. The zero-order chi connectivity index (χ0) is 12.5. The van der Waals surface area contributed by atoms with E-state index in [1.807, 2.05) is 18.2 Å². The molecule has 0 aromatic heterocycles. The van der Waals surface area contributed by atoms with E-state index in [2.05, 4.69) is 17.3 Å². The van der Waals surface area contributed by atoms with Crippen LogP contribution >= 0.6 is 0 Å². The van der Waals surface area contributed by atoms with Crippen molar-refractivity contribution in [2.24, 2.45) is 5.16 Å². The third kappa shape index (κ3) is 5.15. The van der Waals surface area contributed by atoms with Gasteiger partial charge in [-0.25, -0.2) is 4.79 Å². The summed E-state index contributed by atoms with van der Waals surface area (Å²) in [5.74, 6) is -1.02. The molecule has 4 nitrogen and oxygen atoms in total. The molecule has 0 aliphatic carbocycles. The zero-order valence-corrected chi connectivity index (χ0v) is 9.93. The molecular weight excluding hydrogens is 218 g/mol. The molecule has 0 fully saturated rings. The molecule has 0 aliphatic rings. The van der Waals surface area contributed by atoms with Crippen LogP contribution in [0.3, 0.4) is 0 Å². The van der Waals surface area contributed by atoms with Gasteiger partial charge in [-0.1, -0.05) is 42.4 Å². The van der Waals surface area contributed by atoms with E-state index in [0.717, 1.165) is 12.8 Å². The Labute approximate surface area is 101 Å². The molecule has 0 bridgehead atoms. The van der Waals surface area contributed by atoms with E-state index >= 15 is 0 Å². The summed E-state index contributed by atoms with van der Waals surface area (Å²) in [4.78, 5) is 15.6. The second-order valence-electron chi connectivity index (χ2n) is 3.62. The molecule has 0 heterocycles. The Kier molecular flexibility index (Phi) is 5.79. The van der Waals surface area contributed by atoms with Gasteiger partial charge in [0.1, 0.15) is 6.61 Å². The van der Waals surface area contributed by atoms with Crippen molar-refractivity contribution in [1.29, 1.82) is 0 Å². The van der Waals surface area contributed by atoms with Gasteiger partial charge in [-0.3, -0.25) is 0 Å². The minimum atomic E-state index is -1.02. The normalized spacial score (nSPS) is 11.2. The van der Waals surface area contributed by atoms with E-state index in [4.69, 9.17) is 9.94 Å². The maximum absolute atomic E-state index is 10.6. The van der Waals surface area contributed by atoms with Crippen LogP contribution in [0.5, 0.6) is 0 Å². The first-order chi connectivity index (χ1) is 8.24. The lowest BCUT2D eigenvalue weighted by atomic mass is 10.1. The van der Waals surface area contributed by atoms with Crippen molar-refractivity contribution in [3.8, 4) is 0 Å². The largest absolute Gasteiger partial charge is 0.477 e. The van der Waals surface area contributed by atoms with Crippen LogP contribution in [0.15, 0.2) is 35.5 Å². The predicted molar refractivity (Wildman–Crippen MR) is 66.1 cm³/mol. The highest BCUT2D eigenvalue weighted by atomic mass is 16.6. The highest BCUT2D eigenvalue weighted by molar-refractivity contribution is 6.35. The molecule has 92 valence electrons. The summed E-state index contributed by atoms with van der Waals surface area (Å²) in [5.41, 5.74) is 1.30. The lowest BCUT2D eigenvalue weighted by molar-refractivity contribution is -0.129. The Morgan fingerprint density at radius 2 is 2.06 bits per heavy atom. The van der Waals surface area contributed by atoms with Gasteiger partial charge in [0.2, 0.25) is 0 Å². The molecule has 1 aromatic carbocycles. The van der Waals surface area contributed by atoms with Gasteiger partial charge in [0, 0.05) is 0 Å². The maximum Gasteiger partial charge on any atom is 0.353 e. The lowest BCUT2D eigenvalue weighted by Gasteiger charge is -2.01. The molecule has 0 amide bonds. The minimum Gasteiger partial charge on any atom is -0.477 e. The molecule has 0 atom stereocenters. The Bertz CT molecular complexity index is 374. The molecule has 17 heavy (non-hydrogen) atoms. The minimum absolute atomic E-state index is 0.0599. The zero-order valence-electron chi connectivity index (χ0n) is 9.93.